The van der Waals surface area contributed by atoms with Gasteiger partial charge in [0.05, 0.1) is 21.4 Å². The van der Waals surface area contributed by atoms with E-state index in [0.717, 1.165) is 5.75 Å². The molecular weight excluding hydrogens is 339 g/mol. The molecule has 2 rings (SSSR count). The highest BCUT2D eigenvalue weighted by Crippen LogP contribution is 2.35. The van der Waals surface area contributed by atoms with Crippen molar-refractivity contribution in [2.24, 2.45) is 0 Å². The number of halogens is 2. The van der Waals surface area contributed by atoms with Gasteiger partial charge in [0.25, 0.3) is 0 Å². The van der Waals surface area contributed by atoms with Gasteiger partial charge in [-0.1, -0.05) is 36.2 Å². The maximum atomic E-state index is 9.38. The molecule has 0 atom stereocenters. The molecule has 1 heterocycles. The molecule has 0 saturated heterocycles. The zero-order valence-corrected chi connectivity index (χ0v) is 13.9. The molecule has 0 saturated carbocycles. The lowest BCUT2D eigenvalue weighted by molar-refractivity contribution is 1.11. The average Bonchev–Trinajstić information content (AvgIpc) is 2.50. The van der Waals surface area contributed by atoms with Gasteiger partial charge >= 0.3 is 0 Å². The maximum Gasteiger partial charge on any atom is 0.117 e. The van der Waals surface area contributed by atoms with E-state index in [1.165, 1.54) is 11.8 Å². The minimum absolute atomic E-state index is 0.136. The molecule has 110 valence electrons. The number of benzene rings is 1. The van der Waals surface area contributed by atoms with Crippen molar-refractivity contribution in [3.05, 3.63) is 39.4 Å². The Bertz CT molecular complexity index is 822. The third-order valence-corrected chi connectivity index (χ3v) is 4.50. The van der Waals surface area contributed by atoms with Crippen LogP contribution in [0.5, 0.6) is 0 Å². The maximum absolute atomic E-state index is 9.38. The van der Waals surface area contributed by atoms with E-state index < -0.39 is 0 Å². The molecule has 0 aliphatic carbocycles. The number of nitriles is 2. The molecule has 0 spiro atoms. The van der Waals surface area contributed by atoms with Crippen LogP contribution >= 0.6 is 35.0 Å². The van der Waals surface area contributed by atoms with Crippen molar-refractivity contribution in [3.8, 4) is 23.4 Å². The molecule has 1 aromatic carbocycles. The van der Waals surface area contributed by atoms with Crippen LogP contribution in [0.4, 0.5) is 5.69 Å². The second-order valence-electron chi connectivity index (χ2n) is 4.21. The molecular formula is C15H10Cl2N4S. The zero-order valence-electron chi connectivity index (χ0n) is 11.5. The Balaban J connectivity index is 2.77. The molecule has 4 nitrogen and oxygen atoms in total. The van der Waals surface area contributed by atoms with Crippen LogP contribution in [0.3, 0.4) is 0 Å². The van der Waals surface area contributed by atoms with E-state index in [-0.39, 0.29) is 16.8 Å². The summed E-state index contributed by atoms with van der Waals surface area (Å²) in [5.74, 6) is 0.730. The first kappa shape index (κ1) is 16.5. The van der Waals surface area contributed by atoms with Crippen molar-refractivity contribution in [2.45, 2.75) is 11.9 Å². The number of hydrogen-bond donors (Lipinski definition) is 1. The number of nitrogens with zero attached hydrogens (tertiary/aromatic N) is 3. The largest absolute Gasteiger partial charge is 0.396 e. The minimum atomic E-state index is 0.136. The number of nitrogens with two attached hydrogens (primary N) is 1. The number of anilines is 1. The first-order valence-corrected chi connectivity index (χ1v) is 7.99. The summed E-state index contributed by atoms with van der Waals surface area (Å²) in [6.45, 7) is 1.95. The van der Waals surface area contributed by atoms with Gasteiger partial charge in [0.15, 0.2) is 0 Å². The predicted molar refractivity (Wildman–Crippen MR) is 89.9 cm³/mol. The third-order valence-electron chi connectivity index (χ3n) is 2.90. The second-order valence-corrected chi connectivity index (χ2v) is 6.28. The number of thioether (sulfide) groups is 1. The molecule has 1 aromatic heterocycles. The highest BCUT2D eigenvalue weighted by Gasteiger charge is 2.19. The van der Waals surface area contributed by atoms with Crippen LogP contribution < -0.4 is 5.73 Å². The molecule has 22 heavy (non-hydrogen) atoms. The number of hydrogen-bond acceptors (Lipinski definition) is 5. The van der Waals surface area contributed by atoms with E-state index in [9.17, 15) is 10.5 Å². The van der Waals surface area contributed by atoms with Gasteiger partial charge in [-0.3, -0.25) is 0 Å². The third kappa shape index (κ3) is 2.98. The van der Waals surface area contributed by atoms with Crippen molar-refractivity contribution in [2.75, 3.05) is 11.5 Å². The lowest BCUT2D eigenvalue weighted by Gasteiger charge is -2.12. The van der Waals surface area contributed by atoms with Crippen LogP contribution in [0, 0.1) is 22.7 Å². The first-order chi connectivity index (χ1) is 10.5. The molecule has 0 amide bonds. The lowest BCUT2D eigenvalue weighted by atomic mass is 10.0. The summed E-state index contributed by atoms with van der Waals surface area (Å²) in [5.41, 5.74) is 7.53. The van der Waals surface area contributed by atoms with Gasteiger partial charge in [0, 0.05) is 5.56 Å². The summed E-state index contributed by atoms with van der Waals surface area (Å²) in [6.07, 6.45) is 0. The van der Waals surface area contributed by atoms with Crippen molar-refractivity contribution in [1.82, 2.24) is 4.98 Å². The number of aromatic nitrogens is 1. The van der Waals surface area contributed by atoms with Gasteiger partial charge in [-0.25, -0.2) is 4.98 Å². The Hall–Kier alpha value is -1.92. The first-order valence-electron chi connectivity index (χ1n) is 6.25. The van der Waals surface area contributed by atoms with Gasteiger partial charge in [-0.2, -0.15) is 10.5 Å². The normalized spacial score (nSPS) is 10.0. The Morgan fingerprint density at radius 3 is 2.41 bits per heavy atom. The smallest absolute Gasteiger partial charge is 0.117 e. The number of rotatable bonds is 3. The molecule has 0 aliphatic rings. The molecule has 2 aromatic rings. The Labute approximate surface area is 142 Å². The van der Waals surface area contributed by atoms with E-state index in [2.05, 4.69) is 4.98 Å². The summed E-state index contributed by atoms with van der Waals surface area (Å²) < 4.78 is 0. The Morgan fingerprint density at radius 2 is 1.86 bits per heavy atom. The average molecular weight is 349 g/mol. The van der Waals surface area contributed by atoms with Gasteiger partial charge < -0.3 is 5.73 Å². The van der Waals surface area contributed by atoms with Gasteiger partial charge in [0.2, 0.25) is 0 Å². The van der Waals surface area contributed by atoms with E-state index in [0.29, 0.717) is 26.3 Å². The molecule has 0 aliphatic heterocycles. The summed E-state index contributed by atoms with van der Waals surface area (Å²) in [7, 11) is 0. The number of pyridine rings is 1. The van der Waals surface area contributed by atoms with Crippen molar-refractivity contribution < 1.29 is 0 Å². The highest BCUT2D eigenvalue weighted by atomic mass is 35.5. The fraction of sp³-hybridized carbons (Fsp3) is 0.133. The lowest BCUT2D eigenvalue weighted by Crippen LogP contribution is -2.03. The fourth-order valence-electron chi connectivity index (χ4n) is 1.90. The highest BCUT2D eigenvalue weighted by molar-refractivity contribution is 7.99. The minimum Gasteiger partial charge on any atom is -0.396 e. The van der Waals surface area contributed by atoms with E-state index in [1.54, 1.807) is 18.2 Å². The fourth-order valence-corrected chi connectivity index (χ4v) is 2.92. The van der Waals surface area contributed by atoms with Crippen LogP contribution in [0.2, 0.25) is 10.0 Å². The van der Waals surface area contributed by atoms with Gasteiger partial charge in [-0.15, -0.1) is 11.8 Å². The monoisotopic (exact) mass is 348 g/mol. The molecule has 7 heteroatoms. The van der Waals surface area contributed by atoms with Crippen LogP contribution in [-0.2, 0) is 0 Å². The molecule has 2 N–H and O–H groups in total. The molecule has 0 fully saturated rings. The molecule has 0 unspecified atom stereocenters. The number of nitrogen functional groups attached to an aromatic ring is 1. The quantitative estimate of drug-likeness (QED) is 0.825. The van der Waals surface area contributed by atoms with Crippen molar-refractivity contribution >= 4 is 40.7 Å². The standard InChI is InChI=1S/C15H10Cl2N4S/c1-2-22-15-10(7-19)13(20)9(6-18)14(21-15)8-3-4-11(16)12(17)5-8/h3-5H,2H2,1H3,(H2,20,21). The SMILES string of the molecule is CCSc1nc(-c2ccc(Cl)c(Cl)c2)c(C#N)c(N)c1C#N. The summed E-state index contributed by atoms with van der Waals surface area (Å²) in [4.78, 5) is 4.44. The zero-order chi connectivity index (χ0) is 16.3. The van der Waals surface area contributed by atoms with Crippen molar-refractivity contribution in [3.63, 3.8) is 0 Å². The van der Waals surface area contributed by atoms with Crippen molar-refractivity contribution in [1.29, 1.82) is 10.5 Å². The molecule has 0 bridgehead atoms. The summed E-state index contributed by atoms with van der Waals surface area (Å²) in [6, 6.07) is 9.00. The van der Waals surface area contributed by atoms with E-state index in [1.807, 2.05) is 19.1 Å². The summed E-state index contributed by atoms with van der Waals surface area (Å²) in [5, 5.41) is 19.9. The van der Waals surface area contributed by atoms with Crippen LogP contribution in [0.25, 0.3) is 11.3 Å². The Morgan fingerprint density at radius 1 is 1.18 bits per heavy atom. The Kier molecular flexibility index (Phi) is 5.15. The second kappa shape index (κ2) is 6.89. The van der Waals surface area contributed by atoms with E-state index in [4.69, 9.17) is 28.9 Å². The van der Waals surface area contributed by atoms with Crippen LogP contribution in [0.15, 0.2) is 23.2 Å². The molecule has 0 radical (unpaired) electrons. The van der Waals surface area contributed by atoms with Gasteiger partial charge in [-0.05, 0) is 17.9 Å². The van der Waals surface area contributed by atoms with Crippen LogP contribution in [-0.4, -0.2) is 10.7 Å². The van der Waals surface area contributed by atoms with Crippen LogP contribution in [0.1, 0.15) is 18.1 Å². The van der Waals surface area contributed by atoms with Gasteiger partial charge in [0.1, 0.15) is 28.3 Å². The van der Waals surface area contributed by atoms with E-state index >= 15 is 0 Å². The predicted octanol–water partition coefficient (Wildman–Crippen LogP) is 4.49. The topological polar surface area (TPSA) is 86.5 Å². The summed E-state index contributed by atoms with van der Waals surface area (Å²) >= 11 is 13.3.